The van der Waals surface area contributed by atoms with Crippen LogP contribution in [0.2, 0.25) is 0 Å². The molecule has 0 heterocycles. The van der Waals surface area contributed by atoms with Crippen LogP contribution < -0.4 is 5.32 Å². The van der Waals surface area contributed by atoms with E-state index in [1.54, 1.807) is 0 Å². The summed E-state index contributed by atoms with van der Waals surface area (Å²) >= 11 is 0. The van der Waals surface area contributed by atoms with Gasteiger partial charge in [0, 0.05) is 6.42 Å². The van der Waals surface area contributed by atoms with E-state index < -0.39 is 28.0 Å². The normalized spacial score (nSPS) is 14.1. The molecule has 0 fully saturated rings. The molecule has 0 rings (SSSR count). The second-order valence-corrected chi connectivity index (χ2v) is 12.2. The first kappa shape index (κ1) is 37.6. The maximum atomic E-state index is 12.3. The Morgan fingerprint density at radius 1 is 0.692 bits per heavy atom. The van der Waals surface area contributed by atoms with E-state index in [9.17, 15) is 22.9 Å². The van der Waals surface area contributed by atoms with Gasteiger partial charge < -0.3 is 10.4 Å². The number of amides is 1. The fourth-order valence-electron chi connectivity index (χ4n) is 4.42. The molecular formula is C32H59NO5S. The van der Waals surface area contributed by atoms with Gasteiger partial charge in [-0.25, -0.2) is 0 Å². The first-order valence-corrected chi connectivity index (χ1v) is 17.3. The van der Waals surface area contributed by atoms with E-state index in [0.717, 1.165) is 70.6 Å². The highest BCUT2D eigenvalue weighted by atomic mass is 32.2. The second kappa shape index (κ2) is 26.8. The third kappa shape index (κ3) is 27.9. The fourth-order valence-corrected chi connectivity index (χ4v) is 5.15. The largest absolute Gasteiger partial charge is 0.387 e. The zero-order valence-electron chi connectivity index (χ0n) is 25.0. The van der Waals surface area contributed by atoms with Gasteiger partial charge in [0.05, 0.1) is 17.9 Å². The van der Waals surface area contributed by atoms with Gasteiger partial charge in [0.2, 0.25) is 5.91 Å². The summed E-state index contributed by atoms with van der Waals surface area (Å²) in [5.41, 5.74) is 0. The number of rotatable bonds is 27. The topological polar surface area (TPSA) is 104 Å². The van der Waals surface area contributed by atoms with E-state index in [2.05, 4.69) is 43.5 Å². The van der Waals surface area contributed by atoms with Crippen molar-refractivity contribution in [2.75, 3.05) is 5.75 Å². The molecule has 0 aromatic carbocycles. The summed E-state index contributed by atoms with van der Waals surface area (Å²) in [4.78, 5) is 12.3. The van der Waals surface area contributed by atoms with Crippen LogP contribution in [0.3, 0.4) is 0 Å². The highest BCUT2D eigenvalue weighted by Crippen LogP contribution is 2.11. The molecule has 0 saturated heterocycles. The Bertz CT molecular complexity index is 761. The fraction of sp³-hybridized carbons (Fsp3) is 0.781. The van der Waals surface area contributed by atoms with Crippen LogP contribution in [0.25, 0.3) is 0 Å². The average molecular weight is 570 g/mol. The molecule has 1 amide bonds. The van der Waals surface area contributed by atoms with Crippen molar-refractivity contribution >= 4 is 16.0 Å². The highest BCUT2D eigenvalue weighted by molar-refractivity contribution is 7.85. The van der Waals surface area contributed by atoms with Crippen LogP contribution >= 0.6 is 0 Å². The summed E-state index contributed by atoms with van der Waals surface area (Å²) in [5, 5.41) is 13.0. The minimum atomic E-state index is -4.33. The van der Waals surface area contributed by atoms with Crippen LogP contribution in [-0.2, 0) is 14.9 Å². The van der Waals surface area contributed by atoms with Crippen LogP contribution in [0.5, 0.6) is 0 Å². The lowest BCUT2D eigenvalue weighted by Crippen LogP contribution is -2.46. The third-order valence-electron chi connectivity index (χ3n) is 6.81. The van der Waals surface area contributed by atoms with Crippen LogP contribution in [0, 0.1) is 0 Å². The third-order valence-corrected chi connectivity index (χ3v) is 7.59. The molecule has 0 saturated carbocycles. The van der Waals surface area contributed by atoms with Crippen molar-refractivity contribution in [3.8, 4) is 0 Å². The molecule has 2 unspecified atom stereocenters. The van der Waals surface area contributed by atoms with Gasteiger partial charge in [-0.2, -0.15) is 8.42 Å². The quantitative estimate of drug-likeness (QED) is 0.0525. The molecule has 0 aliphatic heterocycles. The smallest absolute Gasteiger partial charge is 0.267 e. The zero-order chi connectivity index (χ0) is 29.0. The summed E-state index contributed by atoms with van der Waals surface area (Å²) < 4.78 is 32.0. The van der Waals surface area contributed by atoms with Gasteiger partial charge in [-0.15, -0.1) is 0 Å². The molecule has 7 heteroatoms. The molecule has 0 aliphatic rings. The first-order chi connectivity index (χ1) is 18.8. The number of carbonyl (C=O) groups excluding carboxylic acids is 1. The molecule has 0 radical (unpaired) electrons. The standard InChI is InChI=1S/C32H59NO5S/c1-3-5-7-9-11-12-13-14-15-16-17-18-19-20-21-22-24-26-28-32(35)33-30(29-39(36,37)38)31(34)27-25-23-10-8-6-4-2/h12-13,15-16,25,27,30-31,34H,3-11,14,17-24,26,28-29H2,1-2H3,(H,33,35)(H,36,37,38)/b13-12-,16-15-,27-25+. The van der Waals surface area contributed by atoms with Crippen LogP contribution in [0.15, 0.2) is 36.5 Å². The van der Waals surface area contributed by atoms with E-state index in [1.165, 1.54) is 57.4 Å². The Labute approximate surface area is 240 Å². The predicted octanol–water partition coefficient (Wildman–Crippen LogP) is 8.23. The maximum absolute atomic E-state index is 12.3. The molecule has 0 aliphatic carbocycles. The molecule has 0 spiro atoms. The van der Waals surface area contributed by atoms with Gasteiger partial charge in [0.1, 0.15) is 0 Å². The average Bonchev–Trinajstić information content (AvgIpc) is 2.88. The van der Waals surface area contributed by atoms with Gasteiger partial charge in [-0.1, -0.05) is 121 Å². The Balaban J connectivity index is 3.94. The van der Waals surface area contributed by atoms with Gasteiger partial charge in [0.15, 0.2) is 0 Å². The lowest BCUT2D eigenvalue weighted by molar-refractivity contribution is -0.122. The van der Waals surface area contributed by atoms with E-state index in [-0.39, 0.29) is 12.3 Å². The van der Waals surface area contributed by atoms with E-state index in [0.29, 0.717) is 0 Å². The second-order valence-electron chi connectivity index (χ2n) is 10.7. The van der Waals surface area contributed by atoms with Crippen LogP contribution in [0.4, 0.5) is 0 Å². The minimum absolute atomic E-state index is 0.285. The van der Waals surface area contributed by atoms with Crippen LogP contribution in [-0.4, -0.2) is 41.9 Å². The molecule has 39 heavy (non-hydrogen) atoms. The van der Waals surface area contributed by atoms with E-state index >= 15 is 0 Å². The summed E-state index contributed by atoms with van der Waals surface area (Å²) in [7, 11) is -4.33. The van der Waals surface area contributed by atoms with Crippen molar-refractivity contribution in [1.29, 1.82) is 0 Å². The Morgan fingerprint density at radius 3 is 1.67 bits per heavy atom. The SMILES string of the molecule is CCCCCC/C=C\C/C=C\CCCCCCCCCC(=O)NC(CS(=O)(=O)O)C(O)/C=C/CCCCCC. The van der Waals surface area contributed by atoms with E-state index in [1.807, 2.05) is 6.08 Å². The summed E-state index contributed by atoms with van der Waals surface area (Å²) in [5.74, 6) is -0.998. The number of unbranched alkanes of at least 4 members (excludes halogenated alkanes) is 15. The maximum Gasteiger partial charge on any atom is 0.267 e. The molecule has 228 valence electrons. The number of hydrogen-bond donors (Lipinski definition) is 3. The van der Waals surface area contributed by atoms with Gasteiger partial charge in [-0.05, 0) is 51.4 Å². The first-order valence-electron chi connectivity index (χ1n) is 15.7. The van der Waals surface area contributed by atoms with Crippen molar-refractivity contribution in [3.63, 3.8) is 0 Å². The van der Waals surface area contributed by atoms with Crippen molar-refractivity contribution in [1.82, 2.24) is 5.32 Å². The monoisotopic (exact) mass is 569 g/mol. The number of aliphatic hydroxyl groups is 1. The summed E-state index contributed by atoms with van der Waals surface area (Å²) in [6, 6.07) is -1.06. The summed E-state index contributed by atoms with van der Waals surface area (Å²) in [6.45, 7) is 4.38. The highest BCUT2D eigenvalue weighted by Gasteiger charge is 2.24. The molecule has 3 N–H and O–H groups in total. The number of hydrogen-bond acceptors (Lipinski definition) is 4. The van der Waals surface area contributed by atoms with Gasteiger partial charge in [0.25, 0.3) is 10.1 Å². The molecule has 0 aromatic rings. The molecule has 2 atom stereocenters. The Kier molecular flexibility index (Phi) is 25.8. The molecule has 6 nitrogen and oxygen atoms in total. The predicted molar refractivity (Wildman–Crippen MR) is 165 cm³/mol. The number of carbonyl (C=O) groups is 1. The number of nitrogens with one attached hydrogen (secondary N) is 1. The van der Waals surface area contributed by atoms with Crippen molar-refractivity contribution in [3.05, 3.63) is 36.5 Å². The van der Waals surface area contributed by atoms with Crippen molar-refractivity contribution < 1.29 is 22.9 Å². The number of allylic oxidation sites excluding steroid dienone is 5. The van der Waals surface area contributed by atoms with Crippen molar-refractivity contribution in [2.24, 2.45) is 0 Å². The Hall–Kier alpha value is -1.44. The Morgan fingerprint density at radius 2 is 1.15 bits per heavy atom. The van der Waals surface area contributed by atoms with E-state index in [4.69, 9.17) is 0 Å². The molecule has 0 bridgehead atoms. The van der Waals surface area contributed by atoms with Gasteiger partial charge >= 0.3 is 0 Å². The molecule has 0 aromatic heterocycles. The lowest BCUT2D eigenvalue weighted by atomic mass is 10.1. The summed E-state index contributed by atoms with van der Waals surface area (Å²) in [6.07, 6.45) is 33.0. The zero-order valence-corrected chi connectivity index (χ0v) is 25.8. The molecular weight excluding hydrogens is 510 g/mol. The van der Waals surface area contributed by atoms with Crippen molar-refractivity contribution in [2.45, 2.75) is 154 Å². The lowest BCUT2D eigenvalue weighted by Gasteiger charge is -2.21. The minimum Gasteiger partial charge on any atom is -0.387 e. The van der Waals surface area contributed by atoms with Crippen LogP contribution in [0.1, 0.15) is 142 Å². The number of aliphatic hydroxyl groups excluding tert-OH is 1. The van der Waals surface area contributed by atoms with Gasteiger partial charge in [-0.3, -0.25) is 9.35 Å².